The van der Waals surface area contributed by atoms with Crippen molar-refractivity contribution in [3.05, 3.63) is 0 Å². The fourth-order valence-electron chi connectivity index (χ4n) is 3.14. The summed E-state index contributed by atoms with van der Waals surface area (Å²) in [5.74, 6) is -0.137. The molecule has 2 amide bonds. The zero-order valence-electron chi connectivity index (χ0n) is 12.9. The van der Waals surface area contributed by atoms with Gasteiger partial charge < -0.3 is 20.7 Å². The summed E-state index contributed by atoms with van der Waals surface area (Å²) in [6.07, 6.45) is 5.19. The van der Waals surface area contributed by atoms with Gasteiger partial charge in [-0.3, -0.25) is 9.59 Å². The van der Waals surface area contributed by atoms with Gasteiger partial charge in [0.25, 0.3) is 0 Å². The van der Waals surface area contributed by atoms with Crippen LogP contribution in [0.25, 0.3) is 0 Å². The molecule has 0 aromatic heterocycles. The van der Waals surface area contributed by atoms with Crippen LogP contribution >= 0.6 is 0 Å². The Labute approximate surface area is 126 Å². The van der Waals surface area contributed by atoms with Crippen LogP contribution in [0.3, 0.4) is 0 Å². The van der Waals surface area contributed by atoms with Crippen LogP contribution in [0.2, 0.25) is 0 Å². The second-order valence-corrected chi connectivity index (χ2v) is 6.22. The second-order valence-electron chi connectivity index (χ2n) is 6.22. The summed E-state index contributed by atoms with van der Waals surface area (Å²) >= 11 is 0. The van der Waals surface area contributed by atoms with Gasteiger partial charge in [-0.15, -0.1) is 0 Å². The van der Waals surface area contributed by atoms with Gasteiger partial charge in [-0.2, -0.15) is 0 Å². The van der Waals surface area contributed by atoms with E-state index in [0.717, 1.165) is 32.1 Å². The Bertz CT molecular complexity index is 380. The maximum atomic E-state index is 12.6. The molecular weight excluding hydrogens is 270 g/mol. The fourth-order valence-corrected chi connectivity index (χ4v) is 3.14. The van der Waals surface area contributed by atoms with Gasteiger partial charge >= 0.3 is 0 Å². The Hall–Kier alpha value is -1.14. The zero-order valence-corrected chi connectivity index (χ0v) is 12.9. The summed E-state index contributed by atoms with van der Waals surface area (Å²) in [5, 5.41) is 2.85. The van der Waals surface area contributed by atoms with Crippen molar-refractivity contribution in [2.75, 3.05) is 26.3 Å². The minimum Gasteiger partial charge on any atom is -0.377 e. The number of amides is 2. The van der Waals surface area contributed by atoms with Crippen molar-refractivity contribution < 1.29 is 14.3 Å². The number of hydrogen-bond acceptors (Lipinski definition) is 4. The van der Waals surface area contributed by atoms with Crippen molar-refractivity contribution in [2.45, 2.75) is 57.0 Å². The van der Waals surface area contributed by atoms with Crippen LogP contribution in [0.5, 0.6) is 0 Å². The lowest BCUT2D eigenvalue weighted by Crippen LogP contribution is -2.57. The average Bonchev–Trinajstić information content (AvgIpc) is 2.91. The molecule has 120 valence electrons. The highest BCUT2D eigenvalue weighted by molar-refractivity contribution is 5.88. The Morgan fingerprint density at radius 3 is 2.76 bits per heavy atom. The summed E-state index contributed by atoms with van der Waals surface area (Å²) in [5.41, 5.74) is 5.91. The molecule has 1 unspecified atom stereocenters. The molecule has 6 heteroatoms. The quantitative estimate of drug-likeness (QED) is 0.769. The van der Waals surface area contributed by atoms with Gasteiger partial charge in [-0.05, 0) is 19.3 Å². The van der Waals surface area contributed by atoms with Gasteiger partial charge in [0, 0.05) is 25.0 Å². The first-order valence-corrected chi connectivity index (χ1v) is 7.99. The van der Waals surface area contributed by atoms with Gasteiger partial charge in [-0.1, -0.05) is 19.8 Å². The molecular formula is C15H27N3O3. The average molecular weight is 297 g/mol. The van der Waals surface area contributed by atoms with Crippen molar-refractivity contribution in [3.8, 4) is 0 Å². The van der Waals surface area contributed by atoms with E-state index in [1.54, 1.807) is 4.90 Å². The van der Waals surface area contributed by atoms with Crippen LogP contribution in [0.1, 0.15) is 45.4 Å². The number of ether oxygens (including phenoxy) is 1. The SMILES string of the molecule is CCCNC(=O)C1COCCN1C(=O)CC1(N)CCCC1. The summed E-state index contributed by atoms with van der Waals surface area (Å²) in [4.78, 5) is 26.4. The Morgan fingerprint density at radius 2 is 2.10 bits per heavy atom. The molecule has 6 nitrogen and oxygen atoms in total. The van der Waals surface area contributed by atoms with Crippen LogP contribution in [0.4, 0.5) is 0 Å². The summed E-state index contributed by atoms with van der Waals surface area (Å²) in [7, 11) is 0. The minimum absolute atomic E-state index is 0.0145. The normalized spacial score (nSPS) is 24.9. The fraction of sp³-hybridized carbons (Fsp3) is 0.867. The third-order valence-corrected chi connectivity index (χ3v) is 4.40. The summed E-state index contributed by atoms with van der Waals surface area (Å²) in [6, 6.07) is -0.511. The molecule has 2 rings (SSSR count). The number of carbonyl (C=O) groups excluding carboxylic acids is 2. The first kappa shape index (κ1) is 16.2. The molecule has 1 saturated heterocycles. The number of nitrogens with two attached hydrogens (primary N) is 1. The lowest BCUT2D eigenvalue weighted by Gasteiger charge is -2.36. The largest absolute Gasteiger partial charge is 0.377 e. The van der Waals surface area contributed by atoms with Crippen LogP contribution in [-0.4, -0.2) is 54.6 Å². The van der Waals surface area contributed by atoms with E-state index in [4.69, 9.17) is 10.5 Å². The summed E-state index contributed by atoms with van der Waals surface area (Å²) in [6.45, 7) is 3.86. The standard InChI is InChI=1S/C15H27N3O3/c1-2-7-17-14(20)12-11-21-9-8-18(12)13(19)10-15(16)5-3-4-6-15/h12H,2-11,16H2,1H3,(H,17,20). The number of nitrogens with zero attached hydrogens (tertiary/aromatic N) is 1. The molecule has 0 bridgehead atoms. The smallest absolute Gasteiger partial charge is 0.245 e. The highest BCUT2D eigenvalue weighted by Gasteiger charge is 2.38. The molecule has 0 spiro atoms. The number of rotatable bonds is 5. The van der Waals surface area contributed by atoms with E-state index in [1.807, 2.05) is 6.92 Å². The van der Waals surface area contributed by atoms with Crippen LogP contribution in [0.15, 0.2) is 0 Å². The molecule has 0 aromatic carbocycles. The second kappa shape index (κ2) is 7.22. The third kappa shape index (κ3) is 4.17. The Morgan fingerprint density at radius 1 is 1.38 bits per heavy atom. The topological polar surface area (TPSA) is 84.7 Å². The van der Waals surface area contributed by atoms with Gasteiger partial charge in [0.05, 0.1) is 13.2 Å². The monoisotopic (exact) mass is 297 g/mol. The van der Waals surface area contributed by atoms with Gasteiger partial charge in [-0.25, -0.2) is 0 Å². The Kier molecular flexibility index (Phi) is 5.58. The minimum atomic E-state index is -0.511. The Balaban J connectivity index is 1.97. The van der Waals surface area contributed by atoms with E-state index in [-0.39, 0.29) is 24.0 Å². The predicted molar refractivity (Wildman–Crippen MR) is 79.6 cm³/mol. The van der Waals surface area contributed by atoms with E-state index in [2.05, 4.69) is 5.32 Å². The van der Waals surface area contributed by atoms with E-state index in [0.29, 0.717) is 26.1 Å². The lowest BCUT2D eigenvalue weighted by atomic mass is 9.93. The van der Waals surface area contributed by atoms with Crippen LogP contribution in [0, 0.1) is 0 Å². The van der Waals surface area contributed by atoms with Crippen molar-refractivity contribution in [1.29, 1.82) is 0 Å². The molecule has 21 heavy (non-hydrogen) atoms. The lowest BCUT2D eigenvalue weighted by molar-refractivity contribution is -0.149. The first-order chi connectivity index (χ1) is 10.1. The van der Waals surface area contributed by atoms with Gasteiger partial charge in [0.2, 0.25) is 11.8 Å². The number of nitrogens with one attached hydrogen (secondary N) is 1. The molecule has 1 aliphatic carbocycles. The van der Waals surface area contributed by atoms with Gasteiger partial charge in [0.1, 0.15) is 6.04 Å². The predicted octanol–water partition coefficient (Wildman–Crippen LogP) is 0.402. The maximum Gasteiger partial charge on any atom is 0.245 e. The van der Waals surface area contributed by atoms with E-state index in [9.17, 15) is 9.59 Å². The molecule has 1 atom stereocenters. The molecule has 3 N–H and O–H groups in total. The highest BCUT2D eigenvalue weighted by Crippen LogP contribution is 2.31. The highest BCUT2D eigenvalue weighted by atomic mass is 16.5. The van der Waals surface area contributed by atoms with Crippen molar-refractivity contribution in [2.24, 2.45) is 5.73 Å². The molecule has 0 radical (unpaired) electrons. The van der Waals surface area contributed by atoms with Gasteiger partial charge in [0.15, 0.2) is 0 Å². The summed E-state index contributed by atoms with van der Waals surface area (Å²) < 4.78 is 5.37. The third-order valence-electron chi connectivity index (χ3n) is 4.40. The van der Waals surface area contributed by atoms with Crippen molar-refractivity contribution in [3.63, 3.8) is 0 Å². The molecule has 1 aliphatic heterocycles. The maximum absolute atomic E-state index is 12.6. The van der Waals surface area contributed by atoms with Crippen molar-refractivity contribution in [1.82, 2.24) is 10.2 Å². The number of carbonyl (C=O) groups is 2. The van der Waals surface area contributed by atoms with Crippen LogP contribution < -0.4 is 11.1 Å². The molecule has 2 fully saturated rings. The molecule has 2 aliphatic rings. The van der Waals surface area contributed by atoms with E-state index < -0.39 is 6.04 Å². The van der Waals surface area contributed by atoms with E-state index >= 15 is 0 Å². The number of hydrogen-bond donors (Lipinski definition) is 2. The molecule has 0 aromatic rings. The zero-order chi connectivity index (χ0) is 15.3. The van der Waals surface area contributed by atoms with Crippen LogP contribution in [-0.2, 0) is 14.3 Å². The number of morpholine rings is 1. The van der Waals surface area contributed by atoms with Crippen molar-refractivity contribution >= 4 is 11.8 Å². The molecule has 1 heterocycles. The van der Waals surface area contributed by atoms with E-state index in [1.165, 1.54) is 0 Å². The molecule has 1 saturated carbocycles. The first-order valence-electron chi connectivity index (χ1n) is 7.99.